The van der Waals surface area contributed by atoms with Crippen LogP contribution >= 0.6 is 0 Å². The van der Waals surface area contributed by atoms with E-state index in [4.69, 9.17) is 0 Å². The monoisotopic (exact) mass is 396 g/mol. The lowest BCUT2D eigenvalue weighted by atomic mass is 9.87. The van der Waals surface area contributed by atoms with E-state index >= 15 is 0 Å². The van der Waals surface area contributed by atoms with Crippen LogP contribution in [0.25, 0.3) is 0 Å². The second kappa shape index (κ2) is 9.01. The SMILES string of the molecule is CN1CCN(C(=O)[C@H]2C[C@@H](NCc3cccnc3)C[C@@H]2c2ccc(F)cc2)CC1. The van der Waals surface area contributed by atoms with E-state index in [1.807, 2.05) is 29.3 Å². The summed E-state index contributed by atoms with van der Waals surface area (Å²) >= 11 is 0. The molecule has 0 unspecified atom stereocenters. The first kappa shape index (κ1) is 20.0. The summed E-state index contributed by atoms with van der Waals surface area (Å²) in [7, 11) is 2.09. The summed E-state index contributed by atoms with van der Waals surface area (Å²) in [6.07, 6.45) is 5.34. The molecule has 1 saturated carbocycles. The van der Waals surface area contributed by atoms with Crippen molar-refractivity contribution in [1.82, 2.24) is 20.1 Å². The van der Waals surface area contributed by atoms with Crippen molar-refractivity contribution < 1.29 is 9.18 Å². The van der Waals surface area contributed by atoms with E-state index in [1.54, 1.807) is 6.20 Å². The van der Waals surface area contributed by atoms with Gasteiger partial charge < -0.3 is 15.1 Å². The second-order valence-electron chi connectivity index (χ2n) is 8.30. The number of rotatable bonds is 5. The molecule has 1 N–H and O–H groups in total. The lowest BCUT2D eigenvalue weighted by Crippen LogP contribution is -2.49. The highest BCUT2D eigenvalue weighted by Gasteiger charge is 2.41. The molecule has 2 aromatic rings. The summed E-state index contributed by atoms with van der Waals surface area (Å²) in [4.78, 5) is 21.8. The molecule has 2 aliphatic rings. The van der Waals surface area contributed by atoms with Gasteiger partial charge in [-0.15, -0.1) is 0 Å². The smallest absolute Gasteiger partial charge is 0.226 e. The molecular weight excluding hydrogens is 367 g/mol. The van der Waals surface area contributed by atoms with Crippen LogP contribution in [0, 0.1) is 11.7 Å². The number of carbonyl (C=O) groups excluding carboxylic acids is 1. The van der Waals surface area contributed by atoms with Crippen LogP contribution in [0.4, 0.5) is 4.39 Å². The Kier molecular flexibility index (Phi) is 6.21. The number of nitrogens with one attached hydrogen (secondary N) is 1. The molecule has 154 valence electrons. The van der Waals surface area contributed by atoms with Crippen molar-refractivity contribution in [2.75, 3.05) is 33.2 Å². The minimum atomic E-state index is -0.236. The maximum absolute atomic E-state index is 13.4. The molecule has 0 bridgehead atoms. The molecule has 2 heterocycles. The molecule has 1 saturated heterocycles. The lowest BCUT2D eigenvalue weighted by Gasteiger charge is -2.35. The molecule has 1 aromatic carbocycles. The van der Waals surface area contributed by atoms with Gasteiger partial charge in [-0.3, -0.25) is 9.78 Å². The van der Waals surface area contributed by atoms with Gasteiger partial charge >= 0.3 is 0 Å². The van der Waals surface area contributed by atoms with Crippen molar-refractivity contribution in [3.05, 3.63) is 65.7 Å². The highest BCUT2D eigenvalue weighted by molar-refractivity contribution is 5.80. The second-order valence-corrected chi connectivity index (χ2v) is 8.30. The van der Waals surface area contributed by atoms with E-state index in [0.29, 0.717) is 0 Å². The average Bonchev–Trinajstić information content (AvgIpc) is 3.18. The van der Waals surface area contributed by atoms with E-state index in [1.165, 1.54) is 12.1 Å². The molecule has 1 aliphatic heterocycles. The zero-order chi connectivity index (χ0) is 20.2. The first-order valence-corrected chi connectivity index (χ1v) is 10.5. The number of hydrogen-bond acceptors (Lipinski definition) is 4. The van der Waals surface area contributed by atoms with Gasteiger partial charge in [-0.25, -0.2) is 4.39 Å². The van der Waals surface area contributed by atoms with Crippen LogP contribution in [0.2, 0.25) is 0 Å². The molecule has 1 aliphatic carbocycles. The fourth-order valence-corrected chi connectivity index (χ4v) is 4.58. The Hall–Kier alpha value is -2.31. The number of aromatic nitrogens is 1. The van der Waals surface area contributed by atoms with Crippen molar-refractivity contribution in [2.24, 2.45) is 5.92 Å². The molecule has 2 fully saturated rings. The number of halogens is 1. The number of amides is 1. The minimum Gasteiger partial charge on any atom is -0.340 e. The number of benzene rings is 1. The van der Waals surface area contributed by atoms with Crippen molar-refractivity contribution >= 4 is 5.91 Å². The van der Waals surface area contributed by atoms with E-state index in [9.17, 15) is 9.18 Å². The van der Waals surface area contributed by atoms with Gasteiger partial charge in [0.15, 0.2) is 0 Å². The fraction of sp³-hybridized carbons (Fsp3) is 0.478. The van der Waals surface area contributed by atoms with E-state index in [-0.39, 0.29) is 29.6 Å². The van der Waals surface area contributed by atoms with Gasteiger partial charge in [0, 0.05) is 57.1 Å². The summed E-state index contributed by atoms with van der Waals surface area (Å²) in [5.74, 6) is 0.0717. The molecular formula is C23H29FN4O. The fourth-order valence-electron chi connectivity index (χ4n) is 4.58. The third kappa shape index (κ3) is 4.82. The Bertz CT molecular complexity index is 805. The Morgan fingerprint density at radius 3 is 2.59 bits per heavy atom. The zero-order valence-corrected chi connectivity index (χ0v) is 16.9. The van der Waals surface area contributed by atoms with Crippen LogP contribution in [0.5, 0.6) is 0 Å². The molecule has 29 heavy (non-hydrogen) atoms. The summed E-state index contributed by atoms with van der Waals surface area (Å²) in [6.45, 7) is 4.15. The van der Waals surface area contributed by atoms with Gasteiger partial charge in [-0.05, 0) is 55.1 Å². The summed E-state index contributed by atoms with van der Waals surface area (Å²) < 4.78 is 13.4. The Morgan fingerprint density at radius 1 is 1.14 bits per heavy atom. The Morgan fingerprint density at radius 2 is 1.90 bits per heavy atom. The summed E-state index contributed by atoms with van der Waals surface area (Å²) in [5, 5.41) is 3.61. The summed E-state index contributed by atoms with van der Waals surface area (Å²) in [6, 6.07) is 10.9. The highest BCUT2D eigenvalue weighted by atomic mass is 19.1. The molecule has 0 spiro atoms. The van der Waals surface area contributed by atoms with Crippen molar-refractivity contribution in [3.63, 3.8) is 0 Å². The third-order valence-electron chi connectivity index (χ3n) is 6.31. The van der Waals surface area contributed by atoms with Crippen molar-refractivity contribution in [1.29, 1.82) is 0 Å². The molecule has 1 amide bonds. The topological polar surface area (TPSA) is 48.5 Å². The number of hydrogen-bond donors (Lipinski definition) is 1. The van der Waals surface area contributed by atoms with Crippen LogP contribution in [0.3, 0.4) is 0 Å². The predicted octanol–water partition coefficient (Wildman–Crippen LogP) is 2.65. The molecule has 1 aromatic heterocycles. The van der Waals surface area contributed by atoms with Crippen LogP contribution in [-0.4, -0.2) is 60.0 Å². The Labute approximate surface area is 171 Å². The quantitative estimate of drug-likeness (QED) is 0.844. The molecule has 0 radical (unpaired) electrons. The maximum Gasteiger partial charge on any atom is 0.226 e. The molecule has 6 heteroatoms. The Balaban J connectivity index is 1.48. The number of piperazine rings is 1. The van der Waals surface area contributed by atoms with Crippen LogP contribution in [0.1, 0.15) is 29.9 Å². The van der Waals surface area contributed by atoms with Crippen molar-refractivity contribution in [3.8, 4) is 0 Å². The number of carbonyl (C=O) groups is 1. The van der Waals surface area contributed by atoms with Gasteiger partial charge in [0.1, 0.15) is 5.82 Å². The maximum atomic E-state index is 13.4. The standard InChI is InChI=1S/C23H29FN4O/c1-27-9-11-28(12-10-27)23(29)22-14-20(26-16-17-3-2-8-25-15-17)13-21(22)18-4-6-19(24)7-5-18/h2-8,15,20-22,26H,9-14,16H2,1H3/t20-,21+,22-/m0/s1. The number of likely N-dealkylation sites (N-methyl/N-ethyl adjacent to an activating group) is 1. The lowest BCUT2D eigenvalue weighted by molar-refractivity contribution is -0.137. The molecule has 4 rings (SSSR count). The molecule has 5 nitrogen and oxygen atoms in total. The number of nitrogens with zero attached hydrogens (tertiary/aromatic N) is 3. The zero-order valence-electron chi connectivity index (χ0n) is 16.9. The number of pyridine rings is 1. The average molecular weight is 397 g/mol. The first-order chi connectivity index (χ1) is 14.1. The largest absolute Gasteiger partial charge is 0.340 e. The van der Waals surface area contributed by atoms with Crippen molar-refractivity contribution in [2.45, 2.75) is 31.3 Å². The van der Waals surface area contributed by atoms with Gasteiger partial charge in [-0.1, -0.05) is 18.2 Å². The van der Waals surface area contributed by atoms with E-state index in [0.717, 1.165) is 56.7 Å². The minimum absolute atomic E-state index is 0.0599. The van der Waals surface area contributed by atoms with Gasteiger partial charge in [0.05, 0.1) is 0 Å². The predicted molar refractivity (Wildman–Crippen MR) is 111 cm³/mol. The van der Waals surface area contributed by atoms with Gasteiger partial charge in [0.25, 0.3) is 0 Å². The van der Waals surface area contributed by atoms with Crippen LogP contribution in [-0.2, 0) is 11.3 Å². The third-order valence-corrected chi connectivity index (χ3v) is 6.31. The highest BCUT2D eigenvalue weighted by Crippen LogP contribution is 2.41. The first-order valence-electron chi connectivity index (χ1n) is 10.5. The summed E-state index contributed by atoms with van der Waals surface area (Å²) in [5.41, 5.74) is 2.20. The normalized spacial score (nSPS) is 25.3. The van der Waals surface area contributed by atoms with Crippen LogP contribution < -0.4 is 5.32 Å². The van der Waals surface area contributed by atoms with Gasteiger partial charge in [0.2, 0.25) is 5.91 Å². The van der Waals surface area contributed by atoms with E-state index in [2.05, 4.69) is 28.3 Å². The van der Waals surface area contributed by atoms with Crippen LogP contribution in [0.15, 0.2) is 48.8 Å². The van der Waals surface area contributed by atoms with E-state index < -0.39 is 0 Å². The molecule has 3 atom stereocenters. The van der Waals surface area contributed by atoms with Gasteiger partial charge in [-0.2, -0.15) is 0 Å².